The minimum Gasteiger partial charge on any atom is -0.394 e. The molecule has 0 aliphatic carbocycles. The van der Waals surface area contributed by atoms with Crippen LogP contribution in [0.5, 0.6) is 0 Å². The SMILES string of the molecule is CCc1c(F)cc(CC(C)CC(Cc2cc(F)c(CC)c(F)c2)C(O)[C@@H](O)[C@@H](O)[C@H](O)[C@@H](O)CO)cc1F. The smallest absolute Gasteiger partial charge is 0.129 e. The molecule has 6 N–H and O–H groups in total. The molecule has 0 saturated carbocycles. The van der Waals surface area contributed by atoms with Gasteiger partial charge in [-0.1, -0.05) is 20.8 Å². The van der Waals surface area contributed by atoms with E-state index in [1.165, 1.54) is 12.1 Å². The number of aliphatic hydroxyl groups is 6. The molecule has 0 aliphatic heterocycles. The Kier molecular flexibility index (Phi) is 12.1. The molecular weight excluding hydrogens is 508 g/mol. The lowest BCUT2D eigenvalue weighted by Crippen LogP contribution is -2.52. The van der Waals surface area contributed by atoms with E-state index in [0.29, 0.717) is 5.56 Å². The van der Waals surface area contributed by atoms with Crippen LogP contribution in [-0.4, -0.2) is 67.8 Å². The Morgan fingerprint density at radius 2 is 1.03 bits per heavy atom. The number of rotatable bonds is 14. The summed E-state index contributed by atoms with van der Waals surface area (Å²) in [4.78, 5) is 0. The van der Waals surface area contributed by atoms with Gasteiger partial charge in [0.25, 0.3) is 0 Å². The summed E-state index contributed by atoms with van der Waals surface area (Å²) in [6.45, 7) is 4.05. The van der Waals surface area contributed by atoms with E-state index in [4.69, 9.17) is 5.11 Å². The Balaban J connectivity index is 2.32. The summed E-state index contributed by atoms with van der Waals surface area (Å²) in [6.07, 6.45) is -9.09. The van der Waals surface area contributed by atoms with Crippen LogP contribution in [0.3, 0.4) is 0 Å². The molecule has 0 radical (unpaired) electrons. The number of hydrogen-bond acceptors (Lipinski definition) is 6. The van der Waals surface area contributed by atoms with Crippen LogP contribution in [0.4, 0.5) is 17.6 Å². The highest BCUT2D eigenvalue weighted by molar-refractivity contribution is 5.28. The highest BCUT2D eigenvalue weighted by Gasteiger charge is 2.38. The van der Waals surface area contributed by atoms with Gasteiger partial charge in [0.2, 0.25) is 0 Å². The number of aliphatic hydroxyl groups excluding tert-OH is 6. The Labute approximate surface area is 220 Å². The van der Waals surface area contributed by atoms with Crippen molar-refractivity contribution >= 4 is 0 Å². The molecule has 0 heterocycles. The van der Waals surface area contributed by atoms with Gasteiger partial charge in [-0.05, 0) is 79.3 Å². The van der Waals surface area contributed by atoms with Crippen LogP contribution in [0.1, 0.15) is 49.4 Å². The molecule has 3 unspecified atom stereocenters. The van der Waals surface area contributed by atoms with E-state index in [1.807, 2.05) is 0 Å². The minimum atomic E-state index is -2.05. The van der Waals surface area contributed by atoms with Crippen LogP contribution >= 0.6 is 0 Å². The van der Waals surface area contributed by atoms with Gasteiger partial charge in [-0.3, -0.25) is 0 Å². The zero-order chi connectivity index (χ0) is 28.7. The van der Waals surface area contributed by atoms with E-state index in [9.17, 15) is 43.1 Å². The maximum Gasteiger partial charge on any atom is 0.129 e. The summed E-state index contributed by atoms with van der Waals surface area (Å²) >= 11 is 0. The second-order valence-corrected chi connectivity index (χ2v) is 10.0. The van der Waals surface area contributed by atoms with Crippen molar-refractivity contribution in [3.63, 3.8) is 0 Å². The molecule has 0 fully saturated rings. The monoisotopic (exact) mass is 546 g/mol. The van der Waals surface area contributed by atoms with Crippen molar-refractivity contribution in [3.05, 3.63) is 69.8 Å². The maximum atomic E-state index is 14.4. The second-order valence-electron chi connectivity index (χ2n) is 10.0. The van der Waals surface area contributed by atoms with E-state index in [2.05, 4.69) is 0 Å². The summed E-state index contributed by atoms with van der Waals surface area (Å²) in [6, 6.07) is 4.69. The van der Waals surface area contributed by atoms with Gasteiger partial charge in [-0.25, -0.2) is 17.6 Å². The first kappa shape index (κ1) is 32.1. The van der Waals surface area contributed by atoms with Gasteiger partial charge in [0.15, 0.2) is 0 Å². The molecule has 6 nitrogen and oxygen atoms in total. The average Bonchev–Trinajstić information content (AvgIpc) is 2.85. The molecule has 0 amide bonds. The third kappa shape index (κ3) is 7.97. The van der Waals surface area contributed by atoms with Crippen molar-refractivity contribution in [1.29, 1.82) is 0 Å². The second kappa shape index (κ2) is 14.3. The average molecular weight is 547 g/mol. The summed E-state index contributed by atoms with van der Waals surface area (Å²) in [5.41, 5.74) is 0.408. The molecule has 0 bridgehead atoms. The first-order valence-corrected chi connectivity index (χ1v) is 12.8. The van der Waals surface area contributed by atoms with Gasteiger partial charge in [0.05, 0.1) is 12.7 Å². The fourth-order valence-corrected chi connectivity index (χ4v) is 4.89. The predicted molar refractivity (Wildman–Crippen MR) is 133 cm³/mol. The summed E-state index contributed by atoms with van der Waals surface area (Å²) in [5, 5.41) is 60.4. The third-order valence-corrected chi connectivity index (χ3v) is 7.01. The standard InChI is InChI=1S/C28H38F4O6/c1-4-18-20(29)9-15(10-21(18)30)6-14(3)7-17(8-16-11-22(31)19(5-2)23(32)12-16)25(35)27(37)28(38)26(36)24(34)13-33/h9-12,14,17,24-28,33-38H,4-8,13H2,1-3H3/t14?,17?,24-,25?,26+,27+,28-/m0/s1. The molecule has 7 atom stereocenters. The summed E-state index contributed by atoms with van der Waals surface area (Å²) in [7, 11) is 0. The van der Waals surface area contributed by atoms with Gasteiger partial charge in [0, 0.05) is 11.1 Å². The molecule has 2 aromatic rings. The van der Waals surface area contributed by atoms with E-state index in [0.717, 1.165) is 12.1 Å². The highest BCUT2D eigenvalue weighted by atomic mass is 19.1. The van der Waals surface area contributed by atoms with Crippen molar-refractivity contribution in [1.82, 2.24) is 0 Å². The Bertz CT molecular complexity index is 1010. The van der Waals surface area contributed by atoms with Crippen molar-refractivity contribution < 1.29 is 48.2 Å². The van der Waals surface area contributed by atoms with E-state index in [-0.39, 0.29) is 54.7 Å². The molecular formula is C28H38F4O6. The molecule has 0 aromatic heterocycles. The van der Waals surface area contributed by atoms with Gasteiger partial charge >= 0.3 is 0 Å². The number of benzene rings is 2. The van der Waals surface area contributed by atoms with Crippen LogP contribution < -0.4 is 0 Å². The van der Waals surface area contributed by atoms with Gasteiger partial charge in [0.1, 0.15) is 47.7 Å². The quantitative estimate of drug-likeness (QED) is 0.203. The summed E-state index contributed by atoms with van der Waals surface area (Å²) in [5.74, 6) is -4.17. The lowest BCUT2D eigenvalue weighted by atomic mass is 9.80. The van der Waals surface area contributed by atoms with Crippen molar-refractivity contribution in [2.75, 3.05) is 6.61 Å². The molecule has 0 saturated heterocycles. The van der Waals surface area contributed by atoms with Gasteiger partial charge in [-0.15, -0.1) is 0 Å². The Morgan fingerprint density at radius 3 is 1.42 bits per heavy atom. The van der Waals surface area contributed by atoms with Crippen molar-refractivity contribution in [3.8, 4) is 0 Å². The fourth-order valence-electron chi connectivity index (χ4n) is 4.89. The molecule has 38 heavy (non-hydrogen) atoms. The Morgan fingerprint density at radius 1 is 0.632 bits per heavy atom. The first-order valence-electron chi connectivity index (χ1n) is 12.8. The summed E-state index contributed by atoms with van der Waals surface area (Å²) < 4.78 is 57.4. The predicted octanol–water partition coefficient (Wildman–Crippen LogP) is 2.59. The minimum absolute atomic E-state index is 0.0324. The number of hydrogen-bond donors (Lipinski definition) is 6. The highest BCUT2D eigenvalue weighted by Crippen LogP contribution is 2.29. The molecule has 2 rings (SSSR count). The van der Waals surface area contributed by atoms with Gasteiger partial charge < -0.3 is 30.6 Å². The molecule has 0 spiro atoms. The first-order chi connectivity index (χ1) is 17.8. The van der Waals surface area contributed by atoms with Crippen LogP contribution in [0, 0.1) is 35.1 Å². The van der Waals surface area contributed by atoms with Crippen molar-refractivity contribution in [2.45, 2.75) is 83.4 Å². The largest absolute Gasteiger partial charge is 0.394 e. The zero-order valence-corrected chi connectivity index (χ0v) is 21.8. The third-order valence-electron chi connectivity index (χ3n) is 7.01. The molecule has 214 valence electrons. The molecule has 10 heteroatoms. The zero-order valence-electron chi connectivity index (χ0n) is 21.8. The Hall–Kier alpha value is -2.08. The van der Waals surface area contributed by atoms with Crippen LogP contribution in [0.25, 0.3) is 0 Å². The number of halogens is 4. The van der Waals surface area contributed by atoms with E-state index in [1.54, 1.807) is 20.8 Å². The molecule has 0 aliphatic rings. The van der Waals surface area contributed by atoms with E-state index >= 15 is 0 Å². The lowest BCUT2D eigenvalue weighted by Gasteiger charge is -2.34. The maximum absolute atomic E-state index is 14.4. The van der Waals surface area contributed by atoms with E-state index < -0.39 is 66.3 Å². The lowest BCUT2D eigenvalue weighted by molar-refractivity contribution is -0.149. The van der Waals surface area contributed by atoms with Crippen LogP contribution in [0.2, 0.25) is 0 Å². The normalized spacial score (nSPS) is 17.5. The fraction of sp³-hybridized carbons (Fsp3) is 0.571. The molecule has 2 aromatic carbocycles. The van der Waals surface area contributed by atoms with Crippen LogP contribution in [0.15, 0.2) is 24.3 Å². The van der Waals surface area contributed by atoms with Crippen LogP contribution in [-0.2, 0) is 25.7 Å². The van der Waals surface area contributed by atoms with Gasteiger partial charge in [-0.2, -0.15) is 0 Å². The topological polar surface area (TPSA) is 121 Å². The van der Waals surface area contributed by atoms with Crippen molar-refractivity contribution in [2.24, 2.45) is 11.8 Å².